The predicted molar refractivity (Wildman–Crippen MR) is 189 cm³/mol. The van der Waals surface area contributed by atoms with Crippen LogP contribution in [0, 0.1) is 43.6 Å². The van der Waals surface area contributed by atoms with Crippen LogP contribution in [0.2, 0.25) is 0 Å². The van der Waals surface area contributed by atoms with E-state index in [0.717, 1.165) is 0 Å². The topological polar surface area (TPSA) is 0 Å². The Bertz CT molecular complexity index is 1490. The molecule has 6 aromatic carbocycles. The van der Waals surface area contributed by atoms with E-state index in [1.165, 1.54) is 54.9 Å². The van der Waals surface area contributed by atoms with Crippen molar-refractivity contribution < 1.29 is 18.6 Å². The maximum atomic E-state index is 5.39. The van der Waals surface area contributed by atoms with Crippen molar-refractivity contribution in [2.75, 3.05) is 0 Å². The summed E-state index contributed by atoms with van der Waals surface area (Å²) in [7, 11) is 10.8. The number of aryl methyl sites for hydroxylation is 2. The maximum Gasteiger partial charge on any atom is -0.0279 e. The first-order valence-corrected chi connectivity index (χ1v) is 23.3. The maximum absolute atomic E-state index is 5.39. The molecular formula is C38H42Cl2Hf-6. The first kappa shape index (κ1) is 38.4. The van der Waals surface area contributed by atoms with Gasteiger partial charge in [0.05, 0.1) is 0 Å². The normalized spacial score (nSPS) is 9.29. The van der Waals surface area contributed by atoms with Gasteiger partial charge in [-0.1, -0.05) is 97.8 Å². The molecule has 0 nitrogen and oxygen atoms in total. The van der Waals surface area contributed by atoms with Gasteiger partial charge in [0, 0.05) is 0 Å². The van der Waals surface area contributed by atoms with Crippen LogP contribution >= 0.6 is 17.2 Å². The van der Waals surface area contributed by atoms with E-state index < -0.39 is 18.6 Å². The van der Waals surface area contributed by atoms with Crippen molar-refractivity contribution in [3.05, 3.63) is 162 Å². The van der Waals surface area contributed by atoms with E-state index in [4.69, 9.17) is 17.2 Å². The Morgan fingerprint density at radius 3 is 1.20 bits per heavy atom. The number of hydrogen-bond donors (Lipinski definition) is 0. The van der Waals surface area contributed by atoms with Gasteiger partial charge in [0.2, 0.25) is 0 Å². The monoisotopic (exact) mass is 748 g/mol. The molecule has 0 saturated heterocycles. The molecule has 3 heteroatoms. The number of fused-ring (bicyclic) bond motifs is 2. The first-order chi connectivity index (χ1) is 18.0. The van der Waals surface area contributed by atoms with Crippen LogP contribution in [-0.2, 0) is 18.6 Å². The van der Waals surface area contributed by atoms with Crippen LogP contribution in [-0.4, -0.2) is 3.76 Å². The van der Waals surface area contributed by atoms with Gasteiger partial charge in [0.1, 0.15) is 0 Å². The SMILES string of the molecule is C[CH]=[Hf]([Cl])[Cl].Cc1cc2c(-c3ccccc3)cccc2[cH-]1.Cc1cc2c(-c3ccccc3)cccc2[cH-]1.[CH3-].[CH3-].[CH3-].[CH3-]. The molecule has 6 aromatic rings. The van der Waals surface area contributed by atoms with E-state index in [-0.39, 0.29) is 29.7 Å². The Hall–Kier alpha value is -2.58. The van der Waals surface area contributed by atoms with E-state index in [1.807, 2.05) is 10.7 Å². The van der Waals surface area contributed by atoms with Crippen molar-refractivity contribution in [2.45, 2.75) is 20.8 Å². The molecule has 0 unspecified atom stereocenters. The number of halogens is 2. The number of rotatable bonds is 2. The van der Waals surface area contributed by atoms with E-state index in [1.54, 1.807) is 0 Å². The van der Waals surface area contributed by atoms with Crippen molar-refractivity contribution >= 4 is 42.5 Å². The molecule has 0 bridgehead atoms. The molecule has 0 aliphatic carbocycles. The Balaban J connectivity index is 0.000000620. The van der Waals surface area contributed by atoms with Crippen molar-refractivity contribution in [1.82, 2.24) is 0 Å². The van der Waals surface area contributed by atoms with Gasteiger partial charge in [-0.05, 0) is 11.1 Å². The molecule has 0 aromatic heterocycles. The van der Waals surface area contributed by atoms with Gasteiger partial charge in [-0.3, -0.25) is 0 Å². The predicted octanol–water partition coefficient (Wildman–Crippen LogP) is 12.6. The molecule has 0 radical (unpaired) electrons. The summed E-state index contributed by atoms with van der Waals surface area (Å²) in [6.45, 7) is 6.20. The van der Waals surface area contributed by atoms with Crippen molar-refractivity contribution in [3.63, 3.8) is 0 Å². The smallest absolute Gasteiger partial charge is 0.0279 e. The number of hydrogen-bond acceptors (Lipinski definition) is 0. The molecule has 0 heterocycles. The molecule has 0 atom stereocenters. The summed E-state index contributed by atoms with van der Waals surface area (Å²) in [5.41, 5.74) is 7.89. The molecular weight excluding hydrogens is 706 g/mol. The molecule has 0 spiro atoms. The zero-order chi connectivity index (χ0) is 26.2. The van der Waals surface area contributed by atoms with Gasteiger partial charge in [0.25, 0.3) is 0 Å². The Morgan fingerprint density at radius 1 is 0.537 bits per heavy atom. The summed E-state index contributed by atoms with van der Waals surface area (Å²) in [5.74, 6) is 0. The molecule has 41 heavy (non-hydrogen) atoms. The molecule has 0 saturated carbocycles. The third-order valence-corrected chi connectivity index (χ3v) is 11.3. The van der Waals surface area contributed by atoms with Crippen LogP contribution in [0.15, 0.2) is 121 Å². The summed E-state index contributed by atoms with van der Waals surface area (Å²) >= 11 is -1.88. The first-order valence-electron chi connectivity index (χ1n) is 12.4. The average Bonchev–Trinajstić information content (AvgIpc) is 3.50. The summed E-state index contributed by atoms with van der Waals surface area (Å²) in [6.07, 6.45) is 0. The van der Waals surface area contributed by atoms with Crippen molar-refractivity contribution in [2.24, 2.45) is 0 Å². The van der Waals surface area contributed by atoms with Crippen LogP contribution < -0.4 is 0 Å². The van der Waals surface area contributed by atoms with Crippen LogP contribution in [0.25, 0.3) is 43.8 Å². The van der Waals surface area contributed by atoms with Crippen LogP contribution in [0.5, 0.6) is 0 Å². The minimum atomic E-state index is -1.88. The molecule has 0 fully saturated rings. The Labute approximate surface area is 264 Å². The summed E-state index contributed by atoms with van der Waals surface area (Å²) in [6, 6.07) is 43.1. The minimum absolute atomic E-state index is 0. The van der Waals surface area contributed by atoms with Gasteiger partial charge >= 0.3 is 46.4 Å². The zero-order valence-corrected chi connectivity index (χ0v) is 30.5. The van der Waals surface area contributed by atoms with E-state index in [0.29, 0.717) is 0 Å². The van der Waals surface area contributed by atoms with Gasteiger partial charge in [-0.15, -0.1) is 69.1 Å². The van der Waals surface area contributed by atoms with Gasteiger partial charge in [-0.2, -0.15) is 12.1 Å². The minimum Gasteiger partial charge on any atom is -0.358 e. The molecule has 0 aliphatic rings. The zero-order valence-electron chi connectivity index (χ0n) is 25.4. The van der Waals surface area contributed by atoms with Gasteiger partial charge < -0.3 is 29.7 Å². The average molecular weight is 748 g/mol. The van der Waals surface area contributed by atoms with Crippen LogP contribution in [0.3, 0.4) is 0 Å². The molecule has 0 aliphatic heterocycles. The summed E-state index contributed by atoms with van der Waals surface area (Å²) in [5, 5.41) is 5.37. The molecule has 0 N–H and O–H groups in total. The van der Waals surface area contributed by atoms with Crippen molar-refractivity contribution in [3.8, 4) is 22.3 Å². The van der Waals surface area contributed by atoms with Gasteiger partial charge in [-0.25, -0.2) is 0 Å². The second kappa shape index (κ2) is 18.8. The molecule has 6 rings (SSSR count). The number of benzene rings is 4. The quantitative estimate of drug-likeness (QED) is 0.122. The fourth-order valence-electron chi connectivity index (χ4n) is 4.51. The van der Waals surface area contributed by atoms with Crippen LogP contribution in [0.4, 0.5) is 0 Å². The molecule has 218 valence electrons. The van der Waals surface area contributed by atoms with Crippen molar-refractivity contribution in [1.29, 1.82) is 0 Å². The summed E-state index contributed by atoms with van der Waals surface area (Å²) in [4.78, 5) is 0. The second-order valence-corrected chi connectivity index (χ2v) is 21.4. The third-order valence-electron chi connectivity index (χ3n) is 6.18. The Kier molecular flexibility index (Phi) is 17.6. The standard InChI is InChI=1S/2C16H13.C2H4.4CH3.2ClH.Hf/c2*1-12-10-14-8-5-9-15(16(14)11-12)13-6-3-2-4-7-13;1-2;;;;;;;/h2*2-11H,1H3;1H,2H3;4*1H3;2*1H;/q2*-1;;4*-1;;;+2/p-2. The van der Waals surface area contributed by atoms with Crippen LogP contribution in [0.1, 0.15) is 18.1 Å². The fourth-order valence-corrected chi connectivity index (χ4v) is 4.51. The molecule has 0 amide bonds. The fraction of sp³-hybridized carbons (Fsp3) is 0.0789. The van der Waals surface area contributed by atoms with E-state index in [9.17, 15) is 0 Å². The van der Waals surface area contributed by atoms with Gasteiger partial charge in [0.15, 0.2) is 0 Å². The third kappa shape index (κ3) is 10.3. The second-order valence-electron chi connectivity index (χ2n) is 8.99. The summed E-state index contributed by atoms with van der Waals surface area (Å²) < 4.78 is 1.91. The van der Waals surface area contributed by atoms with E-state index in [2.05, 4.69) is 135 Å². The Morgan fingerprint density at radius 2 is 0.878 bits per heavy atom. The largest absolute Gasteiger partial charge is 0.358 e. The van der Waals surface area contributed by atoms with E-state index >= 15 is 0 Å².